The molecule has 1 aliphatic heterocycles. The molecule has 1 aromatic carbocycles. The molecule has 23 heavy (non-hydrogen) atoms. The lowest BCUT2D eigenvalue weighted by atomic mass is 9.92. The van der Waals surface area contributed by atoms with Gasteiger partial charge in [-0.3, -0.25) is 4.68 Å². The summed E-state index contributed by atoms with van der Waals surface area (Å²) in [5, 5.41) is 8.24. The second-order valence-electron chi connectivity index (χ2n) is 6.32. The minimum absolute atomic E-state index is 0.414. The molecule has 4 nitrogen and oxygen atoms in total. The maximum absolute atomic E-state index is 5.84. The topological polar surface area (TPSA) is 39.1 Å². The Labute approximate surface area is 137 Å². The Balaban J connectivity index is 1.47. The molecule has 0 saturated carbocycles. The van der Waals surface area contributed by atoms with Gasteiger partial charge in [-0.25, -0.2) is 0 Å². The van der Waals surface area contributed by atoms with Crippen LogP contribution in [0, 0.1) is 0 Å². The molecular formula is C19H23N3O. The van der Waals surface area contributed by atoms with Crippen molar-refractivity contribution in [2.75, 3.05) is 13.2 Å². The number of hydrogen-bond donors (Lipinski definition) is 1. The van der Waals surface area contributed by atoms with E-state index in [1.54, 1.807) is 0 Å². The van der Waals surface area contributed by atoms with Crippen LogP contribution in [-0.4, -0.2) is 22.9 Å². The molecule has 0 radical (unpaired) electrons. The number of para-hydroxylation sites is 1. The predicted molar refractivity (Wildman–Crippen MR) is 91.5 cm³/mol. The Morgan fingerprint density at radius 2 is 2.26 bits per heavy atom. The lowest BCUT2D eigenvalue weighted by molar-refractivity contribution is 0.339. The zero-order valence-electron chi connectivity index (χ0n) is 13.6. The Morgan fingerprint density at radius 3 is 3.17 bits per heavy atom. The minimum Gasteiger partial charge on any atom is -0.489 e. The third-order valence-corrected chi connectivity index (χ3v) is 4.83. The van der Waals surface area contributed by atoms with Crippen molar-refractivity contribution in [2.45, 2.75) is 38.8 Å². The van der Waals surface area contributed by atoms with Gasteiger partial charge in [-0.2, -0.15) is 5.10 Å². The largest absolute Gasteiger partial charge is 0.489 e. The van der Waals surface area contributed by atoms with E-state index in [2.05, 4.69) is 46.4 Å². The lowest BCUT2D eigenvalue weighted by Crippen LogP contribution is -2.28. The van der Waals surface area contributed by atoms with Gasteiger partial charge in [0.15, 0.2) is 0 Å². The molecule has 1 atom stereocenters. The van der Waals surface area contributed by atoms with E-state index in [1.165, 1.54) is 35.2 Å². The molecule has 4 heteroatoms. The van der Waals surface area contributed by atoms with Crippen LogP contribution in [0.25, 0.3) is 6.08 Å². The Bertz CT molecular complexity index is 732. The summed E-state index contributed by atoms with van der Waals surface area (Å²) in [6.07, 6.45) is 7.88. The predicted octanol–water partition coefficient (Wildman–Crippen LogP) is 3.35. The van der Waals surface area contributed by atoms with Gasteiger partial charge in [-0.15, -0.1) is 0 Å². The quantitative estimate of drug-likeness (QED) is 0.941. The van der Waals surface area contributed by atoms with Crippen LogP contribution in [0.4, 0.5) is 0 Å². The molecule has 4 rings (SSSR count). The highest BCUT2D eigenvalue weighted by atomic mass is 16.5. The van der Waals surface area contributed by atoms with Gasteiger partial charge >= 0.3 is 0 Å². The highest BCUT2D eigenvalue weighted by Gasteiger charge is 2.24. The van der Waals surface area contributed by atoms with Crippen molar-refractivity contribution < 1.29 is 4.74 Å². The van der Waals surface area contributed by atoms with Gasteiger partial charge in [0.25, 0.3) is 0 Å². The summed E-state index contributed by atoms with van der Waals surface area (Å²) >= 11 is 0. The summed E-state index contributed by atoms with van der Waals surface area (Å²) in [5.74, 6) is 0.987. The van der Waals surface area contributed by atoms with Crippen LogP contribution in [-0.2, 0) is 13.0 Å². The zero-order chi connectivity index (χ0) is 15.6. The van der Waals surface area contributed by atoms with Crippen molar-refractivity contribution in [2.24, 2.45) is 0 Å². The van der Waals surface area contributed by atoms with Crippen molar-refractivity contribution in [3.8, 4) is 5.75 Å². The third kappa shape index (κ3) is 2.79. The van der Waals surface area contributed by atoms with Gasteiger partial charge in [-0.1, -0.05) is 18.2 Å². The normalized spacial score (nSPS) is 19.5. The zero-order valence-corrected chi connectivity index (χ0v) is 13.6. The maximum Gasteiger partial charge on any atom is 0.127 e. The molecule has 0 amide bonds. The minimum atomic E-state index is 0.414. The van der Waals surface area contributed by atoms with E-state index in [0.29, 0.717) is 12.6 Å². The fourth-order valence-electron chi connectivity index (χ4n) is 3.62. The van der Waals surface area contributed by atoms with Crippen LogP contribution >= 0.6 is 0 Å². The van der Waals surface area contributed by atoms with Crippen molar-refractivity contribution >= 4 is 6.08 Å². The van der Waals surface area contributed by atoms with Crippen molar-refractivity contribution in [3.63, 3.8) is 0 Å². The smallest absolute Gasteiger partial charge is 0.127 e. The van der Waals surface area contributed by atoms with Crippen LogP contribution in [0.3, 0.4) is 0 Å². The number of ether oxygens (including phenoxy) is 1. The molecule has 1 aromatic heterocycles. The van der Waals surface area contributed by atoms with Gasteiger partial charge in [0.05, 0.1) is 6.20 Å². The first-order valence-electron chi connectivity index (χ1n) is 8.54. The molecule has 0 saturated heterocycles. The van der Waals surface area contributed by atoms with E-state index >= 15 is 0 Å². The molecule has 2 aliphatic rings. The van der Waals surface area contributed by atoms with E-state index in [-0.39, 0.29) is 0 Å². The van der Waals surface area contributed by atoms with Gasteiger partial charge < -0.3 is 10.1 Å². The van der Waals surface area contributed by atoms with Crippen LogP contribution < -0.4 is 10.1 Å². The number of hydrogen-bond acceptors (Lipinski definition) is 3. The van der Waals surface area contributed by atoms with Gasteiger partial charge in [0.2, 0.25) is 0 Å². The lowest BCUT2D eigenvalue weighted by Gasteiger charge is -2.26. The first-order chi connectivity index (χ1) is 11.3. The number of nitrogens with zero attached hydrogens (tertiary/aromatic N) is 2. The molecule has 2 aromatic rings. The van der Waals surface area contributed by atoms with Crippen LogP contribution in [0.5, 0.6) is 5.75 Å². The second-order valence-corrected chi connectivity index (χ2v) is 6.32. The fraction of sp³-hybridized carbons (Fsp3) is 0.421. The number of aromatic nitrogens is 2. The SMILES string of the molecule is CCn1ncc2c1CCC[C@@H]2NCC1=Cc2ccccc2OC1. The summed E-state index contributed by atoms with van der Waals surface area (Å²) in [7, 11) is 0. The van der Waals surface area contributed by atoms with E-state index < -0.39 is 0 Å². The van der Waals surface area contributed by atoms with E-state index in [0.717, 1.165) is 25.3 Å². The Kier molecular flexibility index (Phi) is 3.92. The molecule has 0 fully saturated rings. The number of benzene rings is 1. The van der Waals surface area contributed by atoms with E-state index in [4.69, 9.17) is 4.74 Å². The molecule has 1 aliphatic carbocycles. The van der Waals surface area contributed by atoms with Crippen molar-refractivity contribution in [3.05, 3.63) is 52.9 Å². The monoisotopic (exact) mass is 309 g/mol. The number of fused-ring (bicyclic) bond motifs is 2. The first kappa shape index (κ1) is 14.5. The first-order valence-corrected chi connectivity index (χ1v) is 8.54. The summed E-state index contributed by atoms with van der Waals surface area (Å²) < 4.78 is 7.98. The third-order valence-electron chi connectivity index (χ3n) is 4.83. The van der Waals surface area contributed by atoms with E-state index in [1.807, 2.05) is 12.1 Å². The summed E-state index contributed by atoms with van der Waals surface area (Å²) in [4.78, 5) is 0. The maximum atomic E-state index is 5.84. The van der Waals surface area contributed by atoms with Gasteiger partial charge in [0, 0.05) is 36.0 Å². The number of nitrogens with one attached hydrogen (secondary N) is 1. The average Bonchev–Trinajstić information content (AvgIpc) is 3.03. The highest BCUT2D eigenvalue weighted by Crippen LogP contribution is 2.30. The van der Waals surface area contributed by atoms with Crippen LogP contribution in [0.1, 0.15) is 42.6 Å². The molecule has 2 heterocycles. The summed E-state index contributed by atoms with van der Waals surface area (Å²) in [6, 6.07) is 8.63. The van der Waals surface area contributed by atoms with Gasteiger partial charge in [0.1, 0.15) is 12.4 Å². The van der Waals surface area contributed by atoms with Crippen LogP contribution in [0.15, 0.2) is 36.0 Å². The molecular weight excluding hydrogens is 286 g/mol. The average molecular weight is 309 g/mol. The Hall–Kier alpha value is -2.07. The van der Waals surface area contributed by atoms with Crippen molar-refractivity contribution in [1.82, 2.24) is 15.1 Å². The van der Waals surface area contributed by atoms with E-state index in [9.17, 15) is 0 Å². The Morgan fingerprint density at radius 1 is 1.35 bits per heavy atom. The van der Waals surface area contributed by atoms with Crippen molar-refractivity contribution in [1.29, 1.82) is 0 Å². The summed E-state index contributed by atoms with van der Waals surface area (Å²) in [6.45, 7) is 4.66. The molecule has 0 unspecified atom stereocenters. The van der Waals surface area contributed by atoms with Gasteiger partial charge in [-0.05, 0) is 43.9 Å². The molecule has 120 valence electrons. The van der Waals surface area contributed by atoms with Crippen LogP contribution in [0.2, 0.25) is 0 Å². The summed E-state index contributed by atoms with van der Waals surface area (Å²) in [5.41, 5.74) is 5.28. The molecule has 0 spiro atoms. The highest BCUT2D eigenvalue weighted by molar-refractivity contribution is 5.62. The number of aryl methyl sites for hydroxylation is 1. The number of rotatable bonds is 4. The fourth-order valence-corrected chi connectivity index (χ4v) is 3.62. The standard InChI is InChI=1S/C19H23N3O/c1-2-22-18-8-5-7-17(16(18)12-21-22)20-11-14-10-15-6-3-4-9-19(15)23-13-14/h3-4,6,9-10,12,17,20H,2,5,7-8,11,13H2,1H3/t17-/m0/s1. The second kappa shape index (κ2) is 6.20. The molecule has 1 N–H and O–H groups in total. The molecule has 0 bridgehead atoms.